The molecule has 0 atom stereocenters. The monoisotopic (exact) mass is 346 g/mol. The van der Waals surface area contributed by atoms with Gasteiger partial charge in [-0.1, -0.05) is 30.3 Å². The van der Waals surface area contributed by atoms with E-state index >= 15 is 0 Å². The average Bonchev–Trinajstić information content (AvgIpc) is 2.89. The smallest absolute Gasteiger partial charge is 0.254 e. The molecule has 100 valence electrons. The summed E-state index contributed by atoms with van der Waals surface area (Å²) < 4.78 is 1.01. The molecule has 20 heavy (non-hydrogen) atoms. The summed E-state index contributed by atoms with van der Waals surface area (Å²) in [6.07, 6.45) is 0. The third kappa shape index (κ3) is 2.46. The molecule has 1 aromatic carbocycles. The molecule has 0 saturated carbocycles. The van der Waals surface area contributed by atoms with Crippen LogP contribution in [0.2, 0.25) is 0 Å². The highest BCUT2D eigenvalue weighted by Gasteiger charge is 2.11. The minimum absolute atomic E-state index is 0.0987. The van der Waals surface area contributed by atoms with Crippen LogP contribution in [0.5, 0.6) is 0 Å². The van der Waals surface area contributed by atoms with E-state index in [0.717, 1.165) is 19.9 Å². The van der Waals surface area contributed by atoms with Crippen molar-refractivity contribution >= 4 is 27.3 Å². The number of nitrogens with one attached hydrogen (secondary N) is 1. The fourth-order valence-corrected chi connectivity index (χ4v) is 3.30. The number of rotatable bonds is 2. The minimum Gasteiger partial charge on any atom is -0.306 e. The molecule has 1 N–H and O–H groups in total. The Bertz CT molecular complexity index is 808. The van der Waals surface area contributed by atoms with Gasteiger partial charge in [0.2, 0.25) is 0 Å². The zero-order valence-corrected chi connectivity index (χ0v) is 13.1. The van der Waals surface area contributed by atoms with Gasteiger partial charge in [-0.25, -0.2) is 4.98 Å². The summed E-state index contributed by atoms with van der Waals surface area (Å²) in [4.78, 5) is 20.5. The lowest BCUT2D eigenvalue weighted by molar-refractivity contribution is 1.10. The second-order valence-corrected chi connectivity index (χ2v) is 6.82. The second kappa shape index (κ2) is 5.34. The van der Waals surface area contributed by atoms with E-state index in [4.69, 9.17) is 0 Å². The Morgan fingerprint density at radius 1 is 1.15 bits per heavy atom. The largest absolute Gasteiger partial charge is 0.306 e. The topological polar surface area (TPSA) is 45.8 Å². The van der Waals surface area contributed by atoms with Crippen molar-refractivity contribution in [2.75, 3.05) is 0 Å². The molecule has 0 radical (unpaired) electrons. The van der Waals surface area contributed by atoms with Gasteiger partial charge in [0.05, 0.1) is 14.4 Å². The maximum atomic E-state index is 12.1. The van der Waals surface area contributed by atoms with E-state index in [1.165, 1.54) is 0 Å². The molecule has 0 bridgehead atoms. The van der Waals surface area contributed by atoms with E-state index in [-0.39, 0.29) is 5.56 Å². The number of hydrogen-bond acceptors (Lipinski definition) is 3. The number of H-pyrrole nitrogens is 1. The van der Waals surface area contributed by atoms with Gasteiger partial charge >= 0.3 is 0 Å². The van der Waals surface area contributed by atoms with E-state index < -0.39 is 0 Å². The highest BCUT2D eigenvalue weighted by Crippen LogP contribution is 2.30. The molecule has 5 heteroatoms. The molecule has 0 aliphatic carbocycles. The standard InChI is InChI=1S/C15H11BrN2OS/c1-9-13(10-5-3-2-4-6-10)17-14(18-15(9)19)11-7-8-12(16)20-11/h2-8H,1H3,(H,17,18,19). The van der Waals surface area contributed by atoms with Crippen LogP contribution in [-0.4, -0.2) is 9.97 Å². The fourth-order valence-electron chi connectivity index (χ4n) is 1.97. The molecule has 3 rings (SSSR count). The summed E-state index contributed by atoms with van der Waals surface area (Å²) in [7, 11) is 0. The van der Waals surface area contributed by atoms with Crippen LogP contribution >= 0.6 is 27.3 Å². The second-order valence-electron chi connectivity index (χ2n) is 4.36. The van der Waals surface area contributed by atoms with E-state index in [1.54, 1.807) is 18.3 Å². The van der Waals surface area contributed by atoms with Gasteiger partial charge in [-0.15, -0.1) is 11.3 Å². The summed E-state index contributed by atoms with van der Waals surface area (Å²) in [5, 5.41) is 0. The lowest BCUT2D eigenvalue weighted by Gasteiger charge is -2.06. The van der Waals surface area contributed by atoms with Crippen LogP contribution in [-0.2, 0) is 0 Å². The lowest BCUT2D eigenvalue weighted by atomic mass is 10.1. The molecule has 3 aromatic rings. The highest BCUT2D eigenvalue weighted by atomic mass is 79.9. The Kier molecular flexibility index (Phi) is 3.54. The minimum atomic E-state index is -0.0987. The first kappa shape index (κ1) is 13.3. The van der Waals surface area contributed by atoms with E-state index in [0.29, 0.717) is 11.4 Å². The molecular weight excluding hydrogens is 336 g/mol. The molecule has 0 spiro atoms. The maximum absolute atomic E-state index is 12.1. The Morgan fingerprint density at radius 3 is 2.55 bits per heavy atom. The number of hydrogen-bond donors (Lipinski definition) is 1. The van der Waals surface area contributed by atoms with Crippen molar-refractivity contribution in [3.8, 4) is 22.0 Å². The summed E-state index contributed by atoms with van der Waals surface area (Å²) in [6.45, 7) is 1.79. The van der Waals surface area contributed by atoms with Gasteiger partial charge in [0.25, 0.3) is 5.56 Å². The molecule has 2 aromatic heterocycles. The van der Waals surface area contributed by atoms with E-state index in [9.17, 15) is 4.79 Å². The van der Waals surface area contributed by atoms with Crippen molar-refractivity contribution in [1.29, 1.82) is 0 Å². The van der Waals surface area contributed by atoms with Crippen molar-refractivity contribution in [3.05, 3.63) is 62.2 Å². The molecular formula is C15H11BrN2OS. The molecule has 0 fully saturated rings. The van der Waals surface area contributed by atoms with Crippen LogP contribution < -0.4 is 5.56 Å². The van der Waals surface area contributed by atoms with Crippen LogP contribution in [0, 0.1) is 6.92 Å². The normalized spacial score (nSPS) is 10.7. The number of halogens is 1. The van der Waals surface area contributed by atoms with Crippen molar-refractivity contribution in [1.82, 2.24) is 9.97 Å². The molecule has 0 aliphatic rings. The summed E-state index contributed by atoms with van der Waals surface area (Å²) >= 11 is 4.97. The third-order valence-corrected chi connectivity index (χ3v) is 4.64. The molecule has 3 nitrogen and oxygen atoms in total. The van der Waals surface area contributed by atoms with Crippen molar-refractivity contribution in [2.24, 2.45) is 0 Å². The van der Waals surface area contributed by atoms with Crippen LogP contribution in [0.3, 0.4) is 0 Å². The predicted octanol–water partition coefficient (Wildman–Crippen LogP) is 4.24. The lowest BCUT2D eigenvalue weighted by Crippen LogP contribution is -2.13. The van der Waals surface area contributed by atoms with Crippen molar-refractivity contribution in [2.45, 2.75) is 6.92 Å². The van der Waals surface area contributed by atoms with Gasteiger partial charge in [-0.05, 0) is 35.0 Å². The number of thiophene rings is 1. The van der Waals surface area contributed by atoms with Crippen molar-refractivity contribution < 1.29 is 0 Å². The van der Waals surface area contributed by atoms with Crippen LogP contribution in [0.25, 0.3) is 22.0 Å². The van der Waals surface area contributed by atoms with Crippen LogP contribution in [0.15, 0.2) is 51.0 Å². The third-order valence-electron chi connectivity index (χ3n) is 3.01. The Morgan fingerprint density at radius 2 is 1.90 bits per heavy atom. The van der Waals surface area contributed by atoms with Crippen LogP contribution in [0.1, 0.15) is 5.56 Å². The summed E-state index contributed by atoms with van der Waals surface area (Å²) in [5.74, 6) is 0.607. The van der Waals surface area contributed by atoms with Gasteiger partial charge in [-0.2, -0.15) is 0 Å². The number of aromatic amines is 1. The molecule has 0 amide bonds. The predicted molar refractivity (Wildman–Crippen MR) is 86.0 cm³/mol. The first-order chi connectivity index (χ1) is 9.65. The number of benzene rings is 1. The van der Waals surface area contributed by atoms with Crippen LogP contribution in [0.4, 0.5) is 0 Å². The SMILES string of the molecule is Cc1c(-c2ccccc2)nc(-c2ccc(Br)s2)[nH]c1=O. The molecule has 2 heterocycles. The van der Waals surface area contributed by atoms with Gasteiger partial charge in [0, 0.05) is 11.1 Å². The Labute approximate surface area is 128 Å². The molecule has 0 unspecified atom stereocenters. The van der Waals surface area contributed by atoms with Gasteiger partial charge < -0.3 is 4.98 Å². The van der Waals surface area contributed by atoms with Gasteiger partial charge in [0.15, 0.2) is 5.82 Å². The first-order valence-electron chi connectivity index (χ1n) is 6.07. The Hall–Kier alpha value is -1.72. The van der Waals surface area contributed by atoms with E-state index in [1.807, 2.05) is 42.5 Å². The molecule has 0 saturated heterocycles. The van der Waals surface area contributed by atoms with E-state index in [2.05, 4.69) is 25.9 Å². The van der Waals surface area contributed by atoms with Crippen molar-refractivity contribution in [3.63, 3.8) is 0 Å². The number of aromatic nitrogens is 2. The summed E-state index contributed by atoms with van der Waals surface area (Å²) in [5.41, 5.74) is 2.22. The zero-order chi connectivity index (χ0) is 14.1. The summed E-state index contributed by atoms with van der Waals surface area (Å²) in [6, 6.07) is 13.6. The zero-order valence-electron chi connectivity index (χ0n) is 10.7. The maximum Gasteiger partial charge on any atom is 0.254 e. The van der Waals surface area contributed by atoms with Gasteiger partial charge in [0.1, 0.15) is 0 Å². The quantitative estimate of drug-likeness (QED) is 0.754. The van der Waals surface area contributed by atoms with Gasteiger partial charge in [-0.3, -0.25) is 4.79 Å². The highest BCUT2D eigenvalue weighted by molar-refractivity contribution is 9.11. The molecule has 0 aliphatic heterocycles. The Balaban J connectivity index is 2.21. The number of nitrogens with zero attached hydrogens (tertiary/aromatic N) is 1. The average molecular weight is 347 g/mol. The fraction of sp³-hybridized carbons (Fsp3) is 0.0667. The first-order valence-corrected chi connectivity index (χ1v) is 7.68.